The van der Waals surface area contributed by atoms with Gasteiger partial charge < -0.3 is 5.32 Å². The van der Waals surface area contributed by atoms with E-state index in [1.54, 1.807) is 0 Å². The van der Waals surface area contributed by atoms with Crippen molar-refractivity contribution in [1.29, 1.82) is 0 Å². The largest absolute Gasteiger partial charge is 0.419 e. The van der Waals surface area contributed by atoms with E-state index < -0.39 is 11.7 Å². The van der Waals surface area contributed by atoms with Crippen LogP contribution in [0.1, 0.15) is 32.8 Å². The van der Waals surface area contributed by atoms with Gasteiger partial charge in [-0.1, -0.05) is 20.8 Å². The second kappa shape index (κ2) is 6.22. The Morgan fingerprint density at radius 1 is 1.39 bits per heavy atom. The summed E-state index contributed by atoms with van der Waals surface area (Å²) in [4.78, 5) is 0. The molecule has 18 heavy (non-hydrogen) atoms. The molecule has 104 valence electrons. The van der Waals surface area contributed by atoms with Gasteiger partial charge in [-0.3, -0.25) is 4.68 Å². The minimum atomic E-state index is -4.32. The zero-order chi connectivity index (χ0) is 13.8. The first-order valence-electron chi connectivity index (χ1n) is 6.17. The van der Waals surface area contributed by atoms with Crippen LogP contribution in [-0.4, -0.2) is 22.4 Å². The molecule has 1 atom stereocenters. The van der Waals surface area contributed by atoms with Gasteiger partial charge >= 0.3 is 6.18 Å². The van der Waals surface area contributed by atoms with Crippen LogP contribution < -0.4 is 5.32 Å². The minimum Gasteiger partial charge on any atom is -0.312 e. The molecule has 1 unspecified atom stereocenters. The maximum Gasteiger partial charge on any atom is 0.419 e. The van der Waals surface area contributed by atoms with Crippen molar-refractivity contribution in [2.45, 2.75) is 46.0 Å². The van der Waals surface area contributed by atoms with Crippen LogP contribution in [0, 0.1) is 5.92 Å². The quantitative estimate of drug-likeness (QED) is 0.855. The number of rotatable bonds is 6. The summed E-state index contributed by atoms with van der Waals surface area (Å²) in [6, 6.07) is 0.130. The van der Waals surface area contributed by atoms with Crippen molar-refractivity contribution in [1.82, 2.24) is 15.1 Å². The van der Waals surface area contributed by atoms with E-state index in [1.165, 1.54) is 4.68 Å². The number of nitrogens with one attached hydrogen (secondary N) is 1. The van der Waals surface area contributed by atoms with Crippen molar-refractivity contribution in [2.24, 2.45) is 5.92 Å². The lowest BCUT2D eigenvalue weighted by Gasteiger charge is -2.22. The Kier molecular flexibility index (Phi) is 5.19. The summed E-state index contributed by atoms with van der Waals surface area (Å²) in [7, 11) is 0. The van der Waals surface area contributed by atoms with Gasteiger partial charge in [0.05, 0.1) is 18.3 Å². The van der Waals surface area contributed by atoms with E-state index in [1.807, 2.05) is 13.8 Å². The number of hydrogen-bond acceptors (Lipinski definition) is 2. The molecule has 1 rings (SSSR count). The maximum absolute atomic E-state index is 12.4. The molecule has 1 aromatic rings. The molecular weight excluding hydrogens is 243 g/mol. The van der Waals surface area contributed by atoms with E-state index in [0.717, 1.165) is 25.4 Å². The van der Waals surface area contributed by atoms with Crippen molar-refractivity contribution in [3.8, 4) is 0 Å². The summed E-state index contributed by atoms with van der Waals surface area (Å²) in [5, 5.41) is 7.09. The van der Waals surface area contributed by atoms with Crippen molar-refractivity contribution in [3.63, 3.8) is 0 Å². The normalized spacial score (nSPS) is 14.2. The molecule has 0 aliphatic carbocycles. The second-order valence-electron chi connectivity index (χ2n) is 4.75. The second-order valence-corrected chi connectivity index (χ2v) is 4.75. The van der Waals surface area contributed by atoms with Crippen molar-refractivity contribution >= 4 is 0 Å². The third kappa shape index (κ3) is 4.33. The van der Waals surface area contributed by atoms with Crippen LogP contribution >= 0.6 is 0 Å². The molecule has 0 radical (unpaired) electrons. The molecule has 1 aromatic heterocycles. The molecule has 0 aliphatic heterocycles. The Hall–Kier alpha value is -1.04. The van der Waals surface area contributed by atoms with Crippen LogP contribution in [-0.2, 0) is 12.7 Å². The monoisotopic (exact) mass is 263 g/mol. The molecule has 3 nitrogen and oxygen atoms in total. The average molecular weight is 263 g/mol. The van der Waals surface area contributed by atoms with Crippen LogP contribution in [0.4, 0.5) is 13.2 Å². The van der Waals surface area contributed by atoms with Gasteiger partial charge in [0.15, 0.2) is 0 Å². The fourth-order valence-electron chi connectivity index (χ4n) is 1.65. The summed E-state index contributed by atoms with van der Waals surface area (Å²) in [6.45, 7) is 7.45. The van der Waals surface area contributed by atoms with E-state index in [4.69, 9.17) is 0 Å². The molecule has 0 fully saturated rings. The first kappa shape index (κ1) is 15.0. The average Bonchev–Trinajstić information content (AvgIpc) is 2.71. The van der Waals surface area contributed by atoms with Crippen molar-refractivity contribution < 1.29 is 13.2 Å². The minimum absolute atomic E-state index is 0.130. The van der Waals surface area contributed by atoms with E-state index in [0.29, 0.717) is 12.5 Å². The highest BCUT2D eigenvalue weighted by Crippen LogP contribution is 2.28. The Bertz CT molecular complexity index is 358. The lowest BCUT2D eigenvalue weighted by molar-refractivity contribution is -0.137. The number of alkyl halides is 3. The van der Waals surface area contributed by atoms with E-state index >= 15 is 0 Å². The summed E-state index contributed by atoms with van der Waals surface area (Å²) < 4.78 is 38.6. The third-order valence-corrected chi connectivity index (χ3v) is 2.81. The number of hydrogen-bond donors (Lipinski definition) is 1. The number of halogens is 3. The predicted octanol–water partition coefficient (Wildman–Crippen LogP) is 2.93. The van der Waals surface area contributed by atoms with Gasteiger partial charge in [-0.2, -0.15) is 18.3 Å². The van der Waals surface area contributed by atoms with Gasteiger partial charge in [-0.15, -0.1) is 0 Å². The highest BCUT2D eigenvalue weighted by atomic mass is 19.4. The van der Waals surface area contributed by atoms with Crippen LogP contribution in [0.3, 0.4) is 0 Å². The SMILES string of the molecule is CCCNC(Cn1cc(C(F)(F)F)cn1)C(C)C. The van der Waals surface area contributed by atoms with Crippen LogP contribution in [0.15, 0.2) is 12.4 Å². The van der Waals surface area contributed by atoms with Crippen LogP contribution in [0.2, 0.25) is 0 Å². The van der Waals surface area contributed by atoms with Gasteiger partial charge in [-0.25, -0.2) is 0 Å². The Morgan fingerprint density at radius 3 is 2.50 bits per heavy atom. The zero-order valence-corrected chi connectivity index (χ0v) is 11.0. The smallest absolute Gasteiger partial charge is 0.312 e. The molecule has 1 N–H and O–H groups in total. The molecule has 1 heterocycles. The van der Waals surface area contributed by atoms with Crippen molar-refractivity contribution in [2.75, 3.05) is 6.54 Å². The Labute approximate surface area is 105 Å². The molecule has 6 heteroatoms. The van der Waals surface area contributed by atoms with Gasteiger partial charge in [0.2, 0.25) is 0 Å². The molecule has 0 bridgehead atoms. The first-order chi connectivity index (χ1) is 8.34. The molecule has 0 aliphatic rings. The Morgan fingerprint density at radius 2 is 2.06 bits per heavy atom. The molecule has 0 aromatic carbocycles. The molecule has 0 saturated carbocycles. The molecule has 0 spiro atoms. The van der Waals surface area contributed by atoms with Gasteiger partial charge in [-0.05, 0) is 18.9 Å². The third-order valence-electron chi connectivity index (χ3n) is 2.81. The summed E-state index contributed by atoms with van der Waals surface area (Å²) in [5.74, 6) is 0.343. The summed E-state index contributed by atoms with van der Waals surface area (Å²) in [5.41, 5.74) is -0.694. The van der Waals surface area contributed by atoms with Gasteiger partial charge in [0.25, 0.3) is 0 Å². The lowest BCUT2D eigenvalue weighted by atomic mass is 10.0. The summed E-state index contributed by atoms with van der Waals surface area (Å²) in [6.07, 6.45) is -1.39. The van der Waals surface area contributed by atoms with E-state index in [-0.39, 0.29) is 6.04 Å². The van der Waals surface area contributed by atoms with Gasteiger partial charge in [0.1, 0.15) is 0 Å². The maximum atomic E-state index is 12.4. The Balaban J connectivity index is 2.66. The van der Waals surface area contributed by atoms with Crippen molar-refractivity contribution in [3.05, 3.63) is 18.0 Å². The van der Waals surface area contributed by atoms with Crippen LogP contribution in [0.5, 0.6) is 0 Å². The fourth-order valence-corrected chi connectivity index (χ4v) is 1.65. The van der Waals surface area contributed by atoms with E-state index in [2.05, 4.69) is 17.3 Å². The standard InChI is InChI=1S/C12H20F3N3/c1-4-5-16-11(9(2)3)8-18-7-10(6-17-18)12(13,14)15/h6-7,9,11,16H,4-5,8H2,1-3H3. The predicted molar refractivity (Wildman–Crippen MR) is 64.1 cm³/mol. The lowest BCUT2D eigenvalue weighted by Crippen LogP contribution is -2.38. The highest BCUT2D eigenvalue weighted by molar-refractivity contribution is 5.08. The number of aromatic nitrogens is 2. The fraction of sp³-hybridized carbons (Fsp3) is 0.750. The van der Waals surface area contributed by atoms with Gasteiger partial charge in [0, 0.05) is 12.2 Å². The highest BCUT2D eigenvalue weighted by Gasteiger charge is 2.32. The molecule has 0 saturated heterocycles. The first-order valence-corrected chi connectivity index (χ1v) is 6.17. The van der Waals surface area contributed by atoms with Crippen LogP contribution in [0.25, 0.3) is 0 Å². The topological polar surface area (TPSA) is 29.9 Å². The molecule has 0 amide bonds. The summed E-state index contributed by atoms with van der Waals surface area (Å²) >= 11 is 0. The molecular formula is C12H20F3N3. The van der Waals surface area contributed by atoms with E-state index in [9.17, 15) is 13.2 Å². The number of nitrogens with zero attached hydrogens (tertiary/aromatic N) is 2. The zero-order valence-electron chi connectivity index (χ0n) is 11.0.